The van der Waals surface area contributed by atoms with Gasteiger partial charge in [0.2, 0.25) is 0 Å². The number of benzene rings is 1. The van der Waals surface area contributed by atoms with E-state index in [1.165, 1.54) is 24.3 Å². The molecule has 0 aliphatic carbocycles. The van der Waals surface area contributed by atoms with Gasteiger partial charge in [0.25, 0.3) is 11.1 Å². The number of halogens is 1. The summed E-state index contributed by atoms with van der Waals surface area (Å²) < 4.78 is 13.9. The molecule has 1 aromatic carbocycles. The Morgan fingerprint density at radius 3 is 2.71 bits per heavy atom. The Labute approximate surface area is 95.3 Å². The number of aromatic nitrogens is 2. The highest BCUT2D eigenvalue weighted by Crippen LogP contribution is 2.13. The van der Waals surface area contributed by atoms with Crippen molar-refractivity contribution in [2.24, 2.45) is 0 Å². The molecular formula is C11H10FN3O2. The second-order valence-electron chi connectivity index (χ2n) is 3.58. The van der Waals surface area contributed by atoms with Crippen molar-refractivity contribution < 1.29 is 4.39 Å². The van der Waals surface area contributed by atoms with E-state index in [0.717, 1.165) is 10.7 Å². The molecule has 0 radical (unpaired) electrons. The summed E-state index contributed by atoms with van der Waals surface area (Å²) in [7, 11) is 0. The van der Waals surface area contributed by atoms with Crippen LogP contribution in [0.1, 0.15) is 5.56 Å². The van der Waals surface area contributed by atoms with Crippen LogP contribution in [0, 0.1) is 5.82 Å². The largest absolute Gasteiger partial charge is 0.398 e. The molecule has 1 heterocycles. The van der Waals surface area contributed by atoms with Crippen molar-refractivity contribution in [3.8, 4) is 0 Å². The van der Waals surface area contributed by atoms with E-state index < -0.39 is 5.82 Å². The van der Waals surface area contributed by atoms with Crippen molar-refractivity contribution in [3.63, 3.8) is 0 Å². The summed E-state index contributed by atoms with van der Waals surface area (Å²) >= 11 is 0. The fourth-order valence-electron chi connectivity index (χ4n) is 1.46. The first kappa shape index (κ1) is 11.1. The summed E-state index contributed by atoms with van der Waals surface area (Å²) in [6.45, 7) is 0.0982. The first-order valence-electron chi connectivity index (χ1n) is 4.90. The SMILES string of the molecule is Nc1cc(F)ccc1Cn1[nH]c(=O)ccc1=O. The Balaban J connectivity index is 2.41. The van der Waals surface area contributed by atoms with E-state index in [1.807, 2.05) is 0 Å². The third-order valence-corrected chi connectivity index (χ3v) is 2.32. The van der Waals surface area contributed by atoms with Crippen LogP contribution in [0.25, 0.3) is 0 Å². The van der Waals surface area contributed by atoms with Crippen LogP contribution in [0.5, 0.6) is 0 Å². The predicted octanol–water partition coefficient (Wildman–Crippen LogP) is 0.306. The molecule has 0 saturated heterocycles. The van der Waals surface area contributed by atoms with E-state index in [0.29, 0.717) is 5.56 Å². The zero-order chi connectivity index (χ0) is 12.4. The fourth-order valence-corrected chi connectivity index (χ4v) is 1.46. The molecule has 0 amide bonds. The van der Waals surface area contributed by atoms with Crippen molar-refractivity contribution in [2.75, 3.05) is 5.73 Å². The number of hydrogen-bond acceptors (Lipinski definition) is 3. The Hall–Kier alpha value is -2.37. The summed E-state index contributed by atoms with van der Waals surface area (Å²) in [5, 5.41) is 2.37. The van der Waals surface area contributed by atoms with Gasteiger partial charge in [-0.1, -0.05) is 6.07 Å². The highest BCUT2D eigenvalue weighted by atomic mass is 19.1. The van der Waals surface area contributed by atoms with Crippen LogP contribution in [0.4, 0.5) is 10.1 Å². The molecule has 0 spiro atoms. The van der Waals surface area contributed by atoms with E-state index in [9.17, 15) is 14.0 Å². The highest BCUT2D eigenvalue weighted by molar-refractivity contribution is 5.46. The van der Waals surface area contributed by atoms with Gasteiger partial charge >= 0.3 is 0 Å². The second kappa shape index (κ2) is 4.25. The molecule has 6 heteroatoms. The minimum Gasteiger partial charge on any atom is -0.398 e. The predicted molar refractivity (Wildman–Crippen MR) is 61.2 cm³/mol. The average molecular weight is 235 g/mol. The molecule has 1 aromatic heterocycles. The summed E-state index contributed by atoms with van der Waals surface area (Å²) in [6, 6.07) is 6.20. The molecule has 0 unspecified atom stereocenters. The van der Waals surface area contributed by atoms with E-state index in [1.54, 1.807) is 0 Å². The van der Waals surface area contributed by atoms with Gasteiger partial charge in [-0.2, -0.15) is 0 Å². The standard InChI is InChI=1S/C11H10FN3O2/c12-8-2-1-7(9(13)5-8)6-15-11(17)4-3-10(16)14-15/h1-5H,6,13H2,(H,14,16). The molecule has 0 bridgehead atoms. The summed E-state index contributed by atoms with van der Waals surface area (Å²) in [5.74, 6) is -0.444. The fraction of sp³-hybridized carbons (Fsp3) is 0.0909. The molecule has 0 aliphatic rings. The van der Waals surface area contributed by atoms with Crippen LogP contribution < -0.4 is 16.9 Å². The summed E-state index contributed by atoms with van der Waals surface area (Å²) in [4.78, 5) is 22.5. The Bertz CT molecular complexity index is 660. The molecule has 0 atom stereocenters. The van der Waals surface area contributed by atoms with E-state index in [2.05, 4.69) is 5.10 Å². The molecule has 5 nitrogen and oxygen atoms in total. The van der Waals surface area contributed by atoms with Gasteiger partial charge in [-0.05, 0) is 17.7 Å². The Kier molecular flexibility index (Phi) is 2.78. The quantitative estimate of drug-likeness (QED) is 0.735. The van der Waals surface area contributed by atoms with E-state index in [4.69, 9.17) is 5.73 Å². The van der Waals surface area contributed by atoms with Gasteiger partial charge in [0, 0.05) is 17.8 Å². The zero-order valence-electron chi connectivity index (χ0n) is 8.81. The second-order valence-corrected chi connectivity index (χ2v) is 3.58. The maximum absolute atomic E-state index is 12.8. The minimum atomic E-state index is -0.444. The lowest BCUT2D eigenvalue weighted by molar-refractivity contribution is 0.616. The van der Waals surface area contributed by atoms with Gasteiger partial charge in [0.1, 0.15) is 5.82 Å². The number of rotatable bonds is 2. The van der Waals surface area contributed by atoms with Crippen LogP contribution in [-0.4, -0.2) is 9.78 Å². The third-order valence-electron chi connectivity index (χ3n) is 2.32. The van der Waals surface area contributed by atoms with Crippen molar-refractivity contribution >= 4 is 5.69 Å². The third kappa shape index (κ3) is 2.41. The van der Waals surface area contributed by atoms with Gasteiger partial charge in [-0.3, -0.25) is 14.7 Å². The van der Waals surface area contributed by atoms with E-state index in [-0.39, 0.29) is 23.4 Å². The van der Waals surface area contributed by atoms with E-state index >= 15 is 0 Å². The minimum absolute atomic E-state index is 0.0982. The van der Waals surface area contributed by atoms with Crippen molar-refractivity contribution in [1.29, 1.82) is 0 Å². The molecule has 0 fully saturated rings. The summed E-state index contributed by atoms with van der Waals surface area (Å²) in [6.07, 6.45) is 0. The van der Waals surface area contributed by atoms with Gasteiger partial charge < -0.3 is 5.73 Å². The first-order valence-corrected chi connectivity index (χ1v) is 4.90. The number of nitrogens with two attached hydrogens (primary N) is 1. The number of H-pyrrole nitrogens is 1. The lowest BCUT2D eigenvalue weighted by atomic mass is 10.2. The molecule has 2 aromatic rings. The molecule has 88 valence electrons. The number of hydrogen-bond donors (Lipinski definition) is 2. The molecule has 3 N–H and O–H groups in total. The van der Waals surface area contributed by atoms with Crippen LogP contribution in [0.3, 0.4) is 0 Å². The van der Waals surface area contributed by atoms with Crippen molar-refractivity contribution in [2.45, 2.75) is 6.54 Å². The van der Waals surface area contributed by atoms with Crippen molar-refractivity contribution in [3.05, 3.63) is 62.4 Å². The Morgan fingerprint density at radius 1 is 1.24 bits per heavy atom. The number of aromatic amines is 1. The lowest BCUT2D eigenvalue weighted by Gasteiger charge is -2.07. The topological polar surface area (TPSA) is 80.9 Å². The molecule has 2 rings (SSSR count). The van der Waals surface area contributed by atoms with Crippen LogP contribution in [0.2, 0.25) is 0 Å². The maximum Gasteiger partial charge on any atom is 0.265 e. The van der Waals surface area contributed by atoms with Crippen LogP contribution in [0.15, 0.2) is 39.9 Å². The molecule has 0 saturated carbocycles. The maximum atomic E-state index is 12.8. The lowest BCUT2D eigenvalue weighted by Crippen LogP contribution is -2.28. The average Bonchev–Trinajstić information content (AvgIpc) is 2.27. The number of nitrogen functional groups attached to an aromatic ring is 1. The van der Waals surface area contributed by atoms with Gasteiger partial charge in [0.05, 0.1) is 6.54 Å². The van der Waals surface area contributed by atoms with Crippen molar-refractivity contribution in [1.82, 2.24) is 9.78 Å². The van der Waals surface area contributed by atoms with Gasteiger partial charge in [0.15, 0.2) is 0 Å². The monoisotopic (exact) mass is 235 g/mol. The number of nitrogens with one attached hydrogen (secondary N) is 1. The number of nitrogens with zero attached hydrogens (tertiary/aromatic N) is 1. The first-order chi connectivity index (χ1) is 8.06. The smallest absolute Gasteiger partial charge is 0.265 e. The highest BCUT2D eigenvalue weighted by Gasteiger charge is 2.03. The molecular weight excluding hydrogens is 225 g/mol. The van der Waals surface area contributed by atoms with Gasteiger partial charge in [-0.25, -0.2) is 9.07 Å². The molecule has 17 heavy (non-hydrogen) atoms. The van der Waals surface area contributed by atoms with Gasteiger partial charge in [-0.15, -0.1) is 0 Å². The normalized spacial score (nSPS) is 10.4. The Morgan fingerprint density at radius 2 is 2.00 bits per heavy atom. The zero-order valence-corrected chi connectivity index (χ0v) is 8.81. The summed E-state index contributed by atoms with van der Waals surface area (Å²) in [5.41, 5.74) is 5.68. The van der Waals surface area contributed by atoms with Crippen LogP contribution >= 0.6 is 0 Å². The van der Waals surface area contributed by atoms with Crippen LogP contribution in [-0.2, 0) is 6.54 Å². The number of anilines is 1. The molecule has 0 aliphatic heterocycles.